The van der Waals surface area contributed by atoms with Crippen LogP contribution in [0.5, 0.6) is 5.88 Å². The maximum atomic E-state index is 13.2. The predicted molar refractivity (Wildman–Crippen MR) is 169 cm³/mol. The molecule has 2 unspecified atom stereocenters. The molecule has 0 radical (unpaired) electrons. The van der Waals surface area contributed by atoms with E-state index in [1.165, 1.54) is 0 Å². The van der Waals surface area contributed by atoms with Gasteiger partial charge >= 0.3 is 0 Å². The number of aliphatic hydroxyl groups is 1. The van der Waals surface area contributed by atoms with Crippen molar-refractivity contribution in [3.8, 4) is 5.88 Å². The summed E-state index contributed by atoms with van der Waals surface area (Å²) >= 11 is 3.62. The third kappa shape index (κ3) is 5.45. The SMILES string of the molecule is COc1nc2ccc(Br)cc2cc1C(c1ccccc1)C(O)(CCN1C=CN(C)C=C1)c1ccc2ccccc2c1. The Morgan fingerprint density at radius 1 is 0.829 bits per heavy atom. The Balaban J connectivity index is 1.57. The summed E-state index contributed by atoms with van der Waals surface area (Å²) < 4.78 is 6.89. The maximum Gasteiger partial charge on any atom is 0.217 e. The van der Waals surface area contributed by atoms with Gasteiger partial charge in [0.05, 0.1) is 12.6 Å². The van der Waals surface area contributed by atoms with Crippen LogP contribution in [0.25, 0.3) is 21.7 Å². The lowest BCUT2D eigenvalue weighted by Crippen LogP contribution is -2.38. The van der Waals surface area contributed by atoms with Gasteiger partial charge in [-0.15, -0.1) is 0 Å². The molecule has 0 aliphatic carbocycles. The highest BCUT2D eigenvalue weighted by Crippen LogP contribution is 2.48. The number of pyridine rings is 1. The van der Waals surface area contributed by atoms with Crippen molar-refractivity contribution in [2.24, 2.45) is 0 Å². The molecule has 1 N–H and O–H groups in total. The molecule has 206 valence electrons. The third-order valence-electron chi connectivity index (χ3n) is 7.87. The van der Waals surface area contributed by atoms with E-state index in [1.54, 1.807) is 7.11 Å². The Morgan fingerprint density at radius 2 is 1.56 bits per heavy atom. The molecule has 6 heteroatoms. The number of aromatic nitrogens is 1. The van der Waals surface area contributed by atoms with Gasteiger partial charge in [0.25, 0.3) is 0 Å². The minimum atomic E-state index is -1.30. The topological polar surface area (TPSA) is 48.8 Å². The molecule has 0 bridgehead atoms. The fourth-order valence-electron chi connectivity index (χ4n) is 5.72. The molecule has 4 aromatic carbocycles. The first-order valence-electron chi connectivity index (χ1n) is 13.7. The van der Waals surface area contributed by atoms with Gasteiger partial charge < -0.3 is 19.6 Å². The number of nitrogens with zero attached hydrogens (tertiary/aromatic N) is 3. The van der Waals surface area contributed by atoms with E-state index in [0.29, 0.717) is 18.8 Å². The van der Waals surface area contributed by atoms with E-state index in [9.17, 15) is 5.11 Å². The third-order valence-corrected chi connectivity index (χ3v) is 8.36. The van der Waals surface area contributed by atoms with Gasteiger partial charge in [-0.3, -0.25) is 0 Å². The van der Waals surface area contributed by atoms with Crippen LogP contribution in [0, 0.1) is 0 Å². The molecule has 0 spiro atoms. The Kier molecular flexibility index (Phi) is 7.52. The minimum Gasteiger partial charge on any atom is -0.481 e. The van der Waals surface area contributed by atoms with E-state index in [0.717, 1.165) is 42.8 Å². The molecule has 5 aromatic rings. The number of ether oxygens (including phenoxy) is 1. The van der Waals surface area contributed by atoms with Crippen molar-refractivity contribution in [2.75, 3.05) is 20.7 Å². The van der Waals surface area contributed by atoms with E-state index < -0.39 is 11.5 Å². The lowest BCUT2D eigenvalue weighted by molar-refractivity contribution is 0.00581. The number of methoxy groups -OCH3 is 1. The number of hydrogen-bond acceptors (Lipinski definition) is 5. The summed E-state index contributed by atoms with van der Waals surface area (Å²) in [5.41, 5.74) is 2.21. The van der Waals surface area contributed by atoms with Crippen molar-refractivity contribution in [3.05, 3.63) is 143 Å². The van der Waals surface area contributed by atoms with Crippen molar-refractivity contribution in [1.82, 2.24) is 14.8 Å². The Labute approximate surface area is 249 Å². The summed E-state index contributed by atoms with van der Waals surface area (Å²) in [6, 6.07) is 32.9. The van der Waals surface area contributed by atoms with E-state index in [-0.39, 0.29) is 0 Å². The average Bonchev–Trinajstić information content (AvgIpc) is 3.01. The maximum absolute atomic E-state index is 13.2. The predicted octanol–water partition coefficient (Wildman–Crippen LogP) is 7.76. The van der Waals surface area contributed by atoms with E-state index in [4.69, 9.17) is 9.72 Å². The lowest BCUT2D eigenvalue weighted by atomic mass is 9.71. The molecular formula is C35H32BrN3O2. The van der Waals surface area contributed by atoms with Crippen LogP contribution in [0.1, 0.15) is 29.0 Å². The van der Waals surface area contributed by atoms with Gasteiger partial charge in [0.15, 0.2) is 0 Å². The molecule has 0 amide bonds. The number of halogens is 1. The molecule has 6 rings (SSSR count). The second-order valence-corrected chi connectivity index (χ2v) is 11.4. The molecular weight excluding hydrogens is 574 g/mol. The number of benzene rings is 4. The molecule has 41 heavy (non-hydrogen) atoms. The van der Waals surface area contributed by atoms with E-state index in [2.05, 4.69) is 75.4 Å². The second kappa shape index (κ2) is 11.4. The monoisotopic (exact) mass is 605 g/mol. The highest BCUT2D eigenvalue weighted by atomic mass is 79.9. The largest absolute Gasteiger partial charge is 0.481 e. The highest BCUT2D eigenvalue weighted by Gasteiger charge is 2.42. The summed E-state index contributed by atoms with van der Waals surface area (Å²) in [7, 11) is 3.64. The molecule has 5 nitrogen and oxygen atoms in total. The van der Waals surface area contributed by atoms with Crippen LogP contribution < -0.4 is 4.74 Å². The molecule has 0 saturated carbocycles. The normalized spacial score (nSPS) is 15.3. The van der Waals surface area contributed by atoms with Crippen molar-refractivity contribution >= 4 is 37.6 Å². The molecule has 2 heterocycles. The van der Waals surface area contributed by atoms with Crippen LogP contribution in [0.4, 0.5) is 0 Å². The summed E-state index contributed by atoms with van der Waals surface area (Å²) in [6.07, 6.45) is 8.56. The Bertz CT molecular complexity index is 1740. The summed E-state index contributed by atoms with van der Waals surface area (Å²) in [4.78, 5) is 9.02. The van der Waals surface area contributed by atoms with Crippen LogP contribution in [0.15, 0.2) is 126 Å². The van der Waals surface area contributed by atoms with Crippen LogP contribution >= 0.6 is 15.9 Å². The Hall–Kier alpha value is -4.13. The lowest BCUT2D eigenvalue weighted by Gasteiger charge is -2.39. The number of rotatable bonds is 8. The van der Waals surface area contributed by atoms with Gasteiger partial charge in [-0.25, -0.2) is 4.98 Å². The second-order valence-electron chi connectivity index (χ2n) is 10.5. The van der Waals surface area contributed by atoms with Crippen LogP contribution in [0.2, 0.25) is 0 Å². The number of fused-ring (bicyclic) bond motifs is 2. The van der Waals surface area contributed by atoms with Crippen molar-refractivity contribution in [3.63, 3.8) is 0 Å². The van der Waals surface area contributed by atoms with Gasteiger partial charge in [-0.1, -0.05) is 82.7 Å². The molecule has 1 aromatic heterocycles. The molecule has 1 aliphatic heterocycles. The standard InChI is InChI=1S/C35H32BrN3O2/c1-38-18-20-39(21-19-38)17-16-35(40,29-13-12-25-8-6-7-11-27(25)22-29)33(26-9-4-3-5-10-26)31-24-28-23-30(36)14-15-32(28)37-34(31)41-2/h3-15,18-24,33,40H,16-17H2,1-2H3. The van der Waals surface area contributed by atoms with Crippen LogP contribution in [-0.2, 0) is 5.60 Å². The van der Waals surface area contributed by atoms with Crippen molar-refractivity contribution in [1.29, 1.82) is 0 Å². The minimum absolute atomic E-state index is 0.461. The zero-order valence-electron chi connectivity index (χ0n) is 23.1. The van der Waals surface area contributed by atoms with Crippen LogP contribution in [-0.4, -0.2) is 40.6 Å². The summed E-state index contributed by atoms with van der Waals surface area (Å²) in [6.45, 7) is 0.613. The van der Waals surface area contributed by atoms with Gasteiger partial charge in [-0.2, -0.15) is 0 Å². The molecule has 1 aliphatic rings. The highest BCUT2D eigenvalue weighted by molar-refractivity contribution is 9.10. The molecule has 0 saturated heterocycles. The summed E-state index contributed by atoms with van der Waals surface area (Å²) in [5, 5.41) is 16.4. The van der Waals surface area contributed by atoms with Crippen molar-refractivity contribution < 1.29 is 9.84 Å². The van der Waals surface area contributed by atoms with Gasteiger partial charge in [-0.05, 0) is 58.7 Å². The average molecular weight is 607 g/mol. The Morgan fingerprint density at radius 3 is 2.32 bits per heavy atom. The fraction of sp³-hybridized carbons (Fsp3) is 0.171. The van der Waals surface area contributed by atoms with Gasteiger partial charge in [0.2, 0.25) is 5.88 Å². The zero-order chi connectivity index (χ0) is 28.4. The van der Waals surface area contributed by atoms with E-state index >= 15 is 0 Å². The zero-order valence-corrected chi connectivity index (χ0v) is 24.7. The quantitative estimate of drug-likeness (QED) is 0.196. The summed E-state index contributed by atoms with van der Waals surface area (Å²) in [5.74, 6) is 0.0448. The van der Waals surface area contributed by atoms with Gasteiger partial charge in [0.1, 0.15) is 5.60 Å². The smallest absolute Gasteiger partial charge is 0.217 e. The van der Waals surface area contributed by atoms with E-state index in [1.807, 2.05) is 79.2 Å². The molecule has 0 fully saturated rings. The first-order chi connectivity index (χ1) is 19.9. The molecule has 2 atom stereocenters. The number of hydrogen-bond donors (Lipinski definition) is 1. The first kappa shape index (κ1) is 27.1. The van der Waals surface area contributed by atoms with Crippen LogP contribution in [0.3, 0.4) is 0 Å². The first-order valence-corrected chi connectivity index (χ1v) is 14.5. The fourth-order valence-corrected chi connectivity index (χ4v) is 6.10. The van der Waals surface area contributed by atoms with Gasteiger partial charge in [0, 0.05) is 59.7 Å². The van der Waals surface area contributed by atoms with Crippen molar-refractivity contribution in [2.45, 2.75) is 17.9 Å².